The number of rotatable bonds is 5. The minimum atomic E-state index is -0.170. The summed E-state index contributed by atoms with van der Waals surface area (Å²) in [5.41, 5.74) is 2.02. The molecule has 3 aromatic rings. The summed E-state index contributed by atoms with van der Waals surface area (Å²) in [6.45, 7) is 2.09. The number of anilines is 1. The molecule has 1 atom stereocenters. The number of nitrogens with one attached hydrogen (secondary N) is 2. The van der Waals surface area contributed by atoms with E-state index in [1.54, 1.807) is 18.7 Å². The predicted octanol–water partition coefficient (Wildman–Crippen LogP) is 3.00. The van der Waals surface area contributed by atoms with Gasteiger partial charge >= 0.3 is 6.03 Å². The first-order valence-electron chi connectivity index (χ1n) is 9.15. The van der Waals surface area contributed by atoms with Crippen LogP contribution < -0.4 is 15.5 Å². The Balaban J connectivity index is 1.25. The van der Waals surface area contributed by atoms with Crippen molar-refractivity contribution in [2.24, 2.45) is 0 Å². The highest BCUT2D eigenvalue weighted by Crippen LogP contribution is 2.23. The van der Waals surface area contributed by atoms with Gasteiger partial charge in [-0.1, -0.05) is 23.7 Å². The third-order valence-corrected chi connectivity index (χ3v) is 4.96. The van der Waals surface area contributed by atoms with Gasteiger partial charge in [0.2, 0.25) is 0 Å². The molecule has 0 saturated carbocycles. The quantitative estimate of drug-likeness (QED) is 0.695. The van der Waals surface area contributed by atoms with E-state index < -0.39 is 0 Å². The van der Waals surface area contributed by atoms with Crippen molar-refractivity contribution in [3.63, 3.8) is 0 Å². The van der Waals surface area contributed by atoms with Crippen molar-refractivity contribution in [3.8, 4) is 5.82 Å². The average molecular weight is 397 g/mol. The molecule has 3 heterocycles. The maximum atomic E-state index is 12.2. The second-order valence-corrected chi connectivity index (χ2v) is 7.17. The van der Waals surface area contributed by atoms with Crippen molar-refractivity contribution in [1.82, 2.24) is 25.2 Å². The highest BCUT2D eigenvalue weighted by Gasteiger charge is 2.24. The predicted molar refractivity (Wildman–Crippen MR) is 109 cm³/mol. The van der Waals surface area contributed by atoms with Crippen LogP contribution in [-0.4, -0.2) is 39.7 Å². The molecule has 1 aliphatic heterocycles. The summed E-state index contributed by atoms with van der Waals surface area (Å²) < 4.78 is 1.83. The second kappa shape index (κ2) is 8.31. The minimum Gasteiger partial charge on any atom is -0.369 e. The van der Waals surface area contributed by atoms with Crippen LogP contribution in [0.3, 0.4) is 0 Å². The van der Waals surface area contributed by atoms with Gasteiger partial charge in [-0.05, 0) is 36.2 Å². The first-order valence-corrected chi connectivity index (χ1v) is 9.53. The third kappa shape index (κ3) is 4.43. The number of halogens is 1. The molecule has 0 aliphatic carbocycles. The topological polar surface area (TPSA) is 75.1 Å². The third-order valence-electron chi connectivity index (χ3n) is 4.73. The molecule has 1 aromatic carbocycles. The normalized spacial score (nSPS) is 16.2. The van der Waals surface area contributed by atoms with Gasteiger partial charge in [0, 0.05) is 55.0 Å². The average Bonchev–Trinajstić information content (AvgIpc) is 3.39. The van der Waals surface area contributed by atoms with E-state index in [0.29, 0.717) is 6.54 Å². The summed E-state index contributed by atoms with van der Waals surface area (Å²) in [4.78, 5) is 22.9. The standard InChI is InChI=1S/C20H21ClN6O/c21-16-2-1-3-18(10-16)26-8-6-17(13-26)25-20(28)24-12-15-4-5-19(23-11-15)27-9-7-22-14-27/h1-5,7,9-11,14,17H,6,8,12-13H2,(H2,24,25,28). The van der Waals surface area contributed by atoms with Crippen LogP contribution in [0.2, 0.25) is 5.02 Å². The van der Waals surface area contributed by atoms with E-state index in [2.05, 4.69) is 25.5 Å². The fourth-order valence-electron chi connectivity index (χ4n) is 3.27. The summed E-state index contributed by atoms with van der Waals surface area (Å²) in [5.74, 6) is 0.790. The lowest BCUT2D eigenvalue weighted by molar-refractivity contribution is 0.237. The van der Waals surface area contributed by atoms with Crippen LogP contribution >= 0.6 is 11.6 Å². The van der Waals surface area contributed by atoms with Gasteiger partial charge in [-0.2, -0.15) is 0 Å². The van der Waals surface area contributed by atoms with E-state index >= 15 is 0 Å². The zero-order valence-corrected chi connectivity index (χ0v) is 16.0. The number of pyridine rings is 1. The van der Waals surface area contributed by atoms with Crippen molar-refractivity contribution in [1.29, 1.82) is 0 Å². The van der Waals surface area contributed by atoms with E-state index in [0.717, 1.165) is 41.6 Å². The highest BCUT2D eigenvalue weighted by molar-refractivity contribution is 6.30. The van der Waals surface area contributed by atoms with Crippen LogP contribution in [0, 0.1) is 0 Å². The van der Waals surface area contributed by atoms with Crippen LogP contribution in [0.4, 0.5) is 10.5 Å². The van der Waals surface area contributed by atoms with Crippen LogP contribution in [-0.2, 0) is 6.54 Å². The number of imidazole rings is 1. The lowest BCUT2D eigenvalue weighted by Gasteiger charge is -2.19. The Morgan fingerprint density at radius 1 is 1.29 bits per heavy atom. The second-order valence-electron chi connectivity index (χ2n) is 6.73. The lowest BCUT2D eigenvalue weighted by Crippen LogP contribution is -2.43. The SMILES string of the molecule is O=C(NCc1ccc(-n2ccnc2)nc1)NC1CCN(c2cccc(Cl)c2)C1. The molecule has 1 aliphatic rings. The van der Waals surface area contributed by atoms with Gasteiger partial charge in [0.25, 0.3) is 0 Å². The van der Waals surface area contributed by atoms with Crippen molar-refractivity contribution in [2.45, 2.75) is 19.0 Å². The maximum Gasteiger partial charge on any atom is 0.315 e. The number of hydrogen-bond donors (Lipinski definition) is 2. The molecular weight excluding hydrogens is 376 g/mol. The number of amides is 2. The molecule has 2 amide bonds. The molecule has 0 radical (unpaired) electrons. The Morgan fingerprint density at radius 3 is 2.96 bits per heavy atom. The fourth-order valence-corrected chi connectivity index (χ4v) is 3.46. The molecule has 2 aromatic heterocycles. The van der Waals surface area contributed by atoms with Crippen LogP contribution in [0.5, 0.6) is 0 Å². The van der Waals surface area contributed by atoms with Gasteiger partial charge < -0.3 is 15.5 Å². The Kier molecular flexibility index (Phi) is 5.43. The van der Waals surface area contributed by atoms with Crippen molar-refractivity contribution in [3.05, 3.63) is 71.9 Å². The first-order chi connectivity index (χ1) is 13.7. The van der Waals surface area contributed by atoms with E-state index in [-0.39, 0.29) is 12.1 Å². The van der Waals surface area contributed by atoms with Gasteiger partial charge in [-0.3, -0.25) is 4.57 Å². The molecule has 28 heavy (non-hydrogen) atoms. The number of hydrogen-bond acceptors (Lipinski definition) is 4. The molecule has 0 bridgehead atoms. The molecule has 1 saturated heterocycles. The zero-order chi connectivity index (χ0) is 19.3. The molecule has 0 spiro atoms. The molecule has 8 heteroatoms. The Hall–Kier alpha value is -3.06. The number of urea groups is 1. The lowest BCUT2D eigenvalue weighted by atomic mass is 10.2. The molecule has 2 N–H and O–H groups in total. The van der Waals surface area contributed by atoms with Gasteiger partial charge in [0.1, 0.15) is 12.1 Å². The first kappa shape index (κ1) is 18.3. The van der Waals surface area contributed by atoms with Gasteiger partial charge in [-0.25, -0.2) is 14.8 Å². The van der Waals surface area contributed by atoms with Gasteiger partial charge in [-0.15, -0.1) is 0 Å². The van der Waals surface area contributed by atoms with Crippen molar-refractivity contribution >= 4 is 23.3 Å². The number of nitrogens with zero attached hydrogens (tertiary/aromatic N) is 4. The van der Waals surface area contributed by atoms with Crippen molar-refractivity contribution < 1.29 is 4.79 Å². The summed E-state index contributed by atoms with van der Waals surface area (Å²) in [6.07, 6.45) is 7.90. The van der Waals surface area contributed by atoms with E-state index in [9.17, 15) is 4.79 Å². The number of aromatic nitrogens is 3. The molecule has 144 valence electrons. The van der Waals surface area contributed by atoms with E-state index in [4.69, 9.17) is 11.6 Å². The summed E-state index contributed by atoms with van der Waals surface area (Å²) in [7, 11) is 0. The summed E-state index contributed by atoms with van der Waals surface area (Å²) >= 11 is 6.07. The van der Waals surface area contributed by atoms with Crippen LogP contribution in [0.1, 0.15) is 12.0 Å². The van der Waals surface area contributed by atoms with Gasteiger partial charge in [0.15, 0.2) is 0 Å². The monoisotopic (exact) mass is 396 g/mol. The summed E-state index contributed by atoms with van der Waals surface area (Å²) in [5, 5.41) is 6.66. The van der Waals surface area contributed by atoms with Gasteiger partial charge in [0.05, 0.1) is 0 Å². The Labute approximate surface area is 168 Å². The summed E-state index contributed by atoms with van der Waals surface area (Å²) in [6, 6.07) is 11.6. The zero-order valence-electron chi connectivity index (χ0n) is 15.3. The maximum absolute atomic E-state index is 12.2. The minimum absolute atomic E-state index is 0.112. The van der Waals surface area contributed by atoms with Crippen LogP contribution in [0.15, 0.2) is 61.3 Å². The Morgan fingerprint density at radius 2 is 2.21 bits per heavy atom. The highest BCUT2D eigenvalue weighted by atomic mass is 35.5. The smallest absolute Gasteiger partial charge is 0.315 e. The van der Waals surface area contributed by atoms with Crippen molar-refractivity contribution in [2.75, 3.05) is 18.0 Å². The number of carbonyl (C=O) groups is 1. The van der Waals surface area contributed by atoms with Crippen LogP contribution in [0.25, 0.3) is 5.82 Å². The number of benzene rings is 1. The molecule has 4 rings (SSSR count). The molecule has 1 unspecified atom stereocenters. The Bertz CT molecular complexity index is 928. The number of carbonyl (C=O) groups excluding carboxylic acids is 1. The molecule has 7 nitrogen and oxygen atoms in total. The largest absolute Gasteiger partial charge is 0.369 e. The van der Waals surface area contributed by atoms with E-state index in [1.807, 2.05) is 47.2 Å². The fraction of sp³-hybridized carbons (Fsp3) is 0.250. The molecule has 1 fully saturated rings. The van der Waals surface area contributed by atoms with E-state index in [1.165, 1.54) is 0 Å². The molecular formula is C20H21ClN6O.